The molecule has 1 N–H and O–H groups in total. The Hall–Kier alpha value is -1.38. The molecule has 1 aromatic rings. The number of aliphatic carboxylic acids is 1. The highest BCUT2D eigenvalue weighted by Crippen LogP contribution is 2.26. The third-order valence-electron chi connectivity index (χ3n) is 2.28. The molecule has 0 amide bonds. The van der Waals surface area contributed by atoms with E-state index in [-0.39, 0.29) is 5.56 Å². The highest BCUT2D eigenvalue weighted by atomic mass is 19.1. The number of halogens is 1. The summed E-state index contributed by atoms with van der Waals surface area (Å²) in [5.74, 6) is -1.45. The second-order valence-corrected chi connectivity index (χ2v) is 3.36. The van der Waals surface area contributed by atoms with Crippen molar-refractivity contribution in [3.05, 3.63) is 35.4 Å². The van der Waals surface area contributed by atoms with Crippen LogP contribution in [0.2, 0.25) is 0 Å². The van der Waals surface area contributed by atoms with Gasteiger partial charge in [0.1, 0.15) is 0 Å². The van der Waals surface area contributed by atoms with Gasteiger partial charge in [-0.05, 0) is 18.9 Å². The van der Waals surface area contributed by atoms with Gasteiger partial charge in [-0.15, -0.1) is 0 Å². The summed E-state index contributed by atoms with van der Waals surface area (Å²) in [4.78, 5) is 10.6. The molecule has 0 radical (unpaired) electrons. The van der Waals surface area contributed by atoms with E-state index in [9.17, 15) is 9.18 Å². The van der Waals surface area contributed by atoms with Gasteiger partial charge in [0.15, 0.2) is 0 Å². The van der Waals surface area contributed by atoms with Crippen LogP contribution >= 0.6 is 0 Å². The number of benzene rings is 1. The lowest BCUT2D eigenvalue weighted by Crippen LogP contribution is -2.26. The van der Waals surface area contributed by atoms with Crippen LogP contribution in [-0.4, -0.2) is 11.1 Å². The zero-order valence-corrected chi connectivity index (χ0v) is 8.25. The van der Waals surface area contributed by atoms with Crippen molar-refractivity contribution in [2.24, 2.45) is 0 Å². The summed E-state index contributed by atoms with van der Waals surface area (Å²) in [5, 5.41) is 8.68. The number of carboxylic acids is 1. The van der Waals surface area contributed by atoms with Gasteiger partial charge in [0.2, 0.25) is 5.67 Å². The van der Waals surface area contributed by atoms with E-state index in [1.165, 1.54) is 6.07 Å². The summed E-state index contributed by atoms with van der Waals surface area (Å²) in [6.07, 6.45) is 0.767. The Kier molecular flexibility index (Phi) is 2.89. The van der Waals surface area contributed by atoms with Crippen LogP contribution in [0.3, 0.4) is 0 Å². The van der Waals surface area contributed by atoms with Gasteiger partial charge in [0.25, 0.3) is 0 Å². The van der Waals surface area contributed by atoms with Crippen LogP contribution in [0, 0.1) is 0 Å². The minimum absolute atomic E-state index is 0.198. The van der Waals surface area contributed by atoms with E-state index in [4.69, 9.17) is 5.11 Å². The number of hydrogen-bond acceptors (Lipinski definition) is 1. The van der Waals surface area contributed by atoms with Crippen LogP contribution in [0.5, 0.6) is 0 Å². The van der Waals surface area contributed by atoms with Gasteiger partial charge in [-0.25, -0.2) is 9.18 Å². The van der Waals surface area contributed by atoms with Crippen LogP contribution in [0.25, 0.3) is 0 Å². The summed E-state index contributed by atoms with van der Waals surface area (Å²) in [6.45, 7) is 3.00. The predicted octanol–water partition coefficient (Wildman–Crippen LogP) is 2.52. The molecule has 0 saturated heterocycles. The number of hydrogen-bond donors (Lipinski definition) is 1. The number of rotatable bonds is 3. The van der Waals surface area contributed by atoms with Crippen LogP contribution in [0.4, 0.5) is 4.39 Å². The van der Waals surface area contributed by atoms with Crippen molar-refractivity contribution in [3.8, 4) is 0 Å². The summed E-state index contributed by atoms with van der Waals surface area (Å²) < 4.78 is 13.7. The molecule has 1 unspecified atom stereocenters. The fraction of sp³-hybridized carbons (Fsp3) is 0.364. The summed E-state index contributed by atoms with van der Waals surface area (Å²) in [5.41, 5.74) is -1.16. The van der Waals surface area contributed by atoms with Crippen molar-refractivity contribution in [1.29, 1.82) is 0 Å². The van der Waals surface area contributed by atoms with E-state index >= 15 is 0 Å². The molecule has 14 heavy (non-hydrogen) atoms. The van der Waals surface area contributed by atoms with Gasteiger partial charge in [0.05, 0.1) is 0 Å². The van der Waals surface area contributed by atoms with Gasteiger partial charge >= 0.3 is 5.97 Å². The normalized spacial score (nSPS) is 14.8. The lowest BCUT2D eigenvalue weighted by atomic mass is 9.96. The summed E-state index contributed by atoms with van der Waals surface area (Å²) in [6, 6.07) is 6.61. The molecular weight excluding hydrogens is 183 g/mol. The van der Waals surface area contributed by atoms with E-state index in [0.717, 1.165) is 18.9 Å². The first-order chi connectivity index (χ1) is 6.48. The van der Waals surface area contributed by atoms with E-state index < -0.39 is 11.6 Å². The molecule has 1 rings (SSSR count). The lowest BCUT2D eigenvalue weighted by Gasteiger charge is -2.15. The van der Waals surface area contributed by atoms with E-state index in [2.05, 4.69) is 0 Å². The number of alkyl halides is 1. The van der Waals surface area contributed by atoms with Crippen molar-refractivity contribution >= 4 is 5.97 Å². The minimum atomic E-state index is -2.30. The van der Waals surface area contributed by atoms with E-state index in [1.807, 2.05) is 13.0 Å². The monoisotopic (exact) mass is 196 g/mol. The Morgan fingerprint density at radius 2 is 2.21 bits per heavy atom. The van der Waals surface area contributed by atoms with Crippen molar-refractivity contribution in [2.45, 2.75) is 25.9 Å². The first-order valence-corrected chi connectivity index (χ1v) is 4.50. The molecule has 76 valence electrons. The standard InChI is InChI=1S/C11H13FO2/c1-3-8-5-4-6-9(7-8)11(2,12)10(13)14/h4-7H,3H2,1-2H3,(H,13,14). The Bertz CT molecular complexity index is 345. The second-order valence-electron chi connectivity index (χ2n) is 3.36. The number of carbonyl (C=O) groups is 1. The second kappa shape index (κ2) is 3.78. The molecule has 0 fully saturated rings. The Labute approximate surface area is 82.4 Å². The van der Waals surface area contributed by atoms with Crippen LogP contribution < -0.4 is 0 Å². The summed E-state index contributed by atoms with van der Waals surface area (Å²) >= 11 is 0. The predicted molar refractivity (Wildman–Crippen MR) is 51.9 cm³/mol. The molecular formula is C11H13FO2. The van der Waals surface area contributed by atoms with Crippen molar-refractivity contribution < 1.29 is 14.3 Å². The number of aryl methyl sites for hydroxylation is 1. The molecule has 1 aromatic carbocycles. The fourth-order valence-electron chi connectivity index (χ4n) is 1.21. The molecule has 3 heteroatoms. The first kappa shape index (κ1) is 10.7. The first-order valence-electron chi connectivity index (χ1n) is 4.50. The maximum atomic E-state index is 13.7. The molecule has 0 heterocycles. The van der Waals surface area contributed by atoms with Crippen LogP contribution in [0.15, 0.2) is 24.3 Å². The molecule has 0 aliphatic carbocycles. The minimum Gasteiger partial charge on any atom is -0.479 e. The largest absolute Gasteiger partial charge is 0.479 e. The van der Waals surface area contributed by atoms with Crippen molar-refractivity contribution in [2.75, 3.05) is 0 Å². The maximum Gasteiger partial charge on any atom is 0.345 e. The highest BCUT2D eigenvalue weighted by Gasteiger charge is 2.34. The molecule has 1 atom stereocenters. The molecule has 0 aliphatic rings. The highest BCUT2D eigenvalue weighted by molar-refractivity contribution is 5.78. The third-order valence-corrected chi connectivity index (χ3v) is 2.28. The van der Waals surface area contributed by atoms with Crippen molar-refractivity contribution in [1.82, 2.24) is 0 Å². The number of carboxylic acid groups (broad SMARTS) is 1. The molecule has 0 bridgehead atoms. The van der Waals surface area contributed by atoms with E-state index in [1.54, 1.807) is 12.1 Å². The molecule has 0 aromatic heterocycles. The van der Waals surface area contributed by atoms with Gasteiger partial charge in [0, 0.05) is 5.56 Å². The van der Waals surface area contributed by atoms with Crippen molar-refractivity contribution in [3.63, 3.8) is 0 Å². The molecule has 2 nitrogen and oxygen atoms in total. The zero-order chi connectivity index (χ0) is 10.8. The van der Waals surface area contributed by atoms with E-state index in [0.29, 0.717) is 0 Å². The van der Waals surface area contributed by atoms with Crippen LogP contribution in [0.1, 0.15) is 25.0 Å². The topological polar surface area (TPSA) is 37.3 Å². The Morgan fingerprint density at radius 1 is 1.57 bits per heavy atom. The quantitative estimate of drug-likeness (QED) is 0.806. The lowest BCUT2D eigenvalue weighted by molar-refractivity contribution is -0.150. The van der Waals surface area contributed by atoms with Gasteiger partial charge in [-0.2, -0.15) is 0 Å². The SMILES string of the molecule is CCc1cccc(C(C)(F)C(=O)O)c1. The molecule has 0 spiro atoms. The van der Waals surface area contributed by atoms with Gasteiger partial charge in [-0.3, -0.25) is 0 Å². The smallest absolute Gasteiger partial charge is 0.345 e. The van der Waals surface area contributed by atoms with Crippen LogP contribution in [-0.2, 0) is 16.9 Å². The zero-order valence-electron chi connectivity index (χ0n) is 8.25. The van der Waals surface area contributed by atoms with Gasteiger partial charge < -0.3 is 5.11 Å². The average Bonchev–Trinajstić information content (AvgIpc) is 2.17. The Balaban J connectivity index is 3.12. The Morgan fingerprint density at radius 3 is 2.71 bits per heavy atom. The summed E-state index contributed by atoms with van der Waals surface area (Å²) in [7, 11) is 0. The molecule has 0 aliphatic heterocycles. The maximum absolute atomic E-state index is 13.7. The average molecular weight is 196 g/mol. The van der Waals surface area contributed by atoms with Gasteiger partial charge in [-0.1, -0.05) is 31.2 Å². The third kappa shape index (κ3) is 1.92. The fourth-order valence-corrected chi connectivity index (χ4v) is 1.21. The molecule has 0 saturated carbocycles.